The molecule has 0 bridgehead atoms. The zero-order valence-electron chi connectivity index (χ0n) is 12.5. The fourth-order valence-electron chi connectivity index (χ4n) is 2.34. The Morgan fingerprint density at radius 1 is 1.30 bits per heavy atom. The van der Waals surface area contributed by atoms with Crippen molar-refractivity contribution < 1.29 is 0 Å². The predicted octanol–water partition coefficient (Wildman–Crippen LogP) is 4.04. The van der Waals surface area contributed by atoms with Gasteiger partial charge in [0.05, 0.1) is 5.69 Å². The molecule has 0 radical (unpaired) electrons. The average molecular weight is 336 g/mol. The SMILES string of the molecule is CNC(Cc1ccn(C(C)C)n1)c1cc(Br)ccc1C. The van der Waals surface area contributed by atoms with Crippen LogP contribution in [-0.4, -0.2) is 16.8 Å². The summed E-state index contributed by atoms with van der Waals surface area (Å²) in [5, 5.41) is 8.04. The first kappa shape index (κ1) is 15.3. The molecule has 4 heteroatoms. The Kier molecular flexibility index (Phi) is 5.00. The molecule has 0 spiro atoms. The molecule has 0 aliphatic rings. The maximum absolute atomic E-state index is 4.64. The maximum atomic E-state index is 4.64. The minimum atomic E-state index is 0.281. The number of likely N-dealkylation sites (N-methyl/N-ethyl adjacent to an activating group) is 1. The number of nitrogens with zero attached hydrogens (tertiary/aromatic N) is 2. The van der Waals surface area contributed by atoms with Crippen molar-refractivity contribution in [2.75, 3.05) is 7.05 Å². The second-order valence-corrected chi connectivity index (χ2v) is 6.34. The van der Waals surface area contributed by atoms with Gasteiger partial charge in [0, 0.05) is 29.2 Å². The molecule has 1 aromatic carbocycles. The van der Waals surface area contributed by atoms with Crippen LogP contribution in [0.5, 0.6) is 0 Å². The standard InChI is InChI=1S/C16H22BrN3/c1-11(2)20-8-7-14(19-20)10-16(18-4)15-9-13(17)6-5-12(15)3/h5-9,11,16,18H,10H2,1-4H3. The van der Waals surface area contributed by atoms with E-state index in [1.54, 1.807) is 0 Å². The van der Waals surface area contributed by atoms with Crippen molar-refractivity contribution >= 4 is 15.9 Å². The second kappa shape index (κ2) is 6.55. The van der Waals surface area contributed by atoms with Gasteiger partial charge in [-0.2, -0.15) is 5.10 Å². The van der Waals surface area contributed by atoms with Crippen LogP contribution in [0.25, 0.3) is 0 Å². The summed E-state index contributed by atoms with van der Waals surface area (Å²) < 4.78 is 3.13. The quantitative estimate of drug-likeness (QED) is 0.893. The van der Waals surface area contributed by atoms with Crippen molar-refractivity contribution in [1.82, 2.24) is 15.1 Å². The Morgan fingerprint density at radius 3 is 2.65 bits per heavy atom. The van der Waals surface area contributed by atoms with Crippen LogP contribution in [0.3, 0.4) is 0 Å². The lowest BCUT2D eigenvalue weighted by molar-refractivity contribution is 0.514. The zero-order valence-corrected chi connectivity index (χ0v) is 14.1. The third-order valence-electron chi connectivity index (χ3n) is 3.57. The number of hydrogen-bond acceptors (Lipinski definition) is 2. The first-order valence-corrected chi connectivity index (χ1v) is 7.78. The first-order chi connectivity index (χ1) is 9.51. The van der Waals surface area contributed by atoms with E-state index >= 15 is 0 Å². The minimum absolute atomic E-state index is 0.281. The number of rotatable bonds is 5. The molecule has 1 heterocycles. The largest absolute Gasteiger partial charge is 0.313 e. The molecule has 1 atom stereocenters. The Balaban J connectivity index is 2.21. The Morgan fingerprint density at radius 2 is 2.05 bits per heavy atom. The number of hydrogen-bond donors (Lipinski definition) is 1. The summed E-state index contributed by atoms with van der Waals surface area (Å²) in [6.45, 7) is 6.44. The van der Waals surface area contributed by atoms with Gasteiger partial charge in [0.15, 0.2) is 0 Å². The highest BCUT2D eigenvalue weighted by Gasteiger charge is 2.15. The normalized spacial score (nSPS) is 12.9. The summed E-state index contributed by atoms with van der Waals surface area (Å²) in [5.74, 6) is 0. The molecule has 0 saturated heterocycles. The molecule has 108 valence electrons. The van der Waals surface area contributed by atoms with E-state index in [4.69, 9.17) is 0 Å². The van der Waals surface area contributed by atoms with Gasteiger partial charge in [0.2, 0.25) is 0 Å². The molecule has 3 nitrogen and oxygen atoms in total. The lowest BCUT2D eigenvalue weighted by Gasteiger charge is -2.18. The van der Waals surface area contributed by atoms with Crippen LogP contribution in [0, 0.1) is 6.92 Å². The van der Waals surface area contributed by atoms with Gasteiger partial charge in [-0.3, -0.25) is 4.68 Å². The molecule has 1 N–H and O–H groups in total. The van der Waals surface area contributed by atoms with E-state index in [1.807, 2.05) is 11.7 Å². The van der Waals surface area contributed by atoms with Gasteiger partial charge in [-0.25, -0.2) is 0 Å². The number of benzene rings is 1. The Hall–Kier alpha value is -1.13. The van der Waals surface area contributed by atoms with Crippen LogP contribution in [0.4, 0.5) is 0 Å². The van der Waals surface area contributed by atoms with E-state index in [0.717, 1.165) is 16.6 Å². The third-order valence-corrected chi connectivity index (χ3v) is 4.06. The van der Waals surface area contributed by atoms with Crippen molar-refractivity contribution in [3.05, 3.63) is 51.8 Å². The zero-order chi connectivity index (χ0) is 14.7. The molecule has 20 heavy (non-hydrogen) atoms. The summed E-state index contributed by atoms with van der Waals surface area (Å²) in [6.07, 6.45) is 2.95. The lowest BCUT2D eigenvalue weighted by Crippen LogP contribution is -2.20. The van der Waals surface area contributed by atoms with E-state index < -0.39 is 0 Å². The molecule has 2 aromatic rings. The maximum Gasteiger partial charge on any atom is 0.0643 e. The molecule has 0 fully saturated rings. The fourth-order valence-corrected chi connectivity index (χ4v) is 2.72. The summed E-state index contributed by atoms with van der Waals surface area (Å²) in [5.41, 5.74) is 3.74. The smallest absolute Gasteiger partial charge is 0.0643 e. The van der Waals surface area contributed by atoms with E-state index in [1.165, 1.54) is 11.1 Å². The summed E-state index contributed by atoms with van der Waals surface area (Å²) >= 11 is 3.55. The van der Waals surface area contributed by atoms with Crippen molar-refractivity contribution in [3.8, 4) is 0 Å². The van der Waals surface area contributed by atoms with Gasteiger partial charge in [0.25, 0.3) is 0 Å². The molecule has 0 saturated carbocycles. The predicted molar refractivity (Wildman–Crippen MR) is 87.0 cm³/mol. The van der Waals surface area contributed by atoms with Crippen molar-refractivity contribution in [2.24, 2.45) is 0 Å². The van der Waals surface area contributed by atoms with Gasteiger partial charge in [-0.1, -0.05) is 22.0 Å². The Labute approximate surface area is 129 Å². The highest BCUT2D eigenvalue weighted by Crippen LogP contribution is 2.24. The molecule has 1 aromatic heterocycles. The number of aryl methyl sites for hydroxylation is 1. The van der Waals surface area contributed by atoms with Gasteiger partial charge in [-0.15, -0.1) is 0 Å². The lowest BCUT2D eigenvalue weighted by atomic mass is 9.98. The summed E-state index contributed by atoms with van der Waals surface area (Å²) in [6, 6.07) is 9.22. The third kappa shape index (κ3) is 3.49. The minimum Gasteiger partial charge on any atom is -0.313 e. The van der Waals surface area contributed by atoms with Crippen LogP contribution < -0.4 is 5.32 Å². The van der Waals surface area contributed by atoms with E-state index in [9.17, 15) is 0 Å². The van der Waals surface area contributed by atoms with Crippen LogP contribution in [0.1, 0.15) is 42.8 Å². The van der Waals surface area contributed by atoms with E-state index in [2.05, 4.69) is 77.6 Å². The van der Waals surface area contributed by atoms with Gasteiger partial charge in [-0.05, 0) is 57.1 Å². The van der Waals surface area contributed by atoms with Gasteiger partial charge in [0.1, 0.15) is 0 Å². The van der Waals surface area contributed by atoms with Crippen molar-refractivity contribution in [3.63, 3.8) is 0 Å². The topological polar surface area (TPSA) is 29.9 Å². The molecule has 2 rings (SSSR count). The molecule has 0 amide bonds. The first-order valence-electron chi connectivity index (χ1n) is 6.98. The van der Waals surface area contributed by atoms with Crippen molar-refractivity contribution in [2.45, 2.75) is 39.3 Å². The van der Waals surface area contributed by atoms with Crippen LogP contribution in [0.2, 0.25) is 0 Å². The van der Waals surface area contributed by atoms with Crippen molar-refractivity contribution in [1.29, 1.82) is 0 Å². The van der Waals surface area contributed by atoms with Gasteiger partial charge >= 0.3 is 0 Å². The molecule has 0 aliphatic heterocycles. The Bertz CT molecular complexity index is 575. The summed E-state index contributed by atoms with van der Waals surface area (Å²) in [4.78, 5) is 0. The molecule has 1 unspecified atom stereocenters. The second-order valence-electron chi connectivity index (χ2n) is 5.43. The summed E-state index contributed by atoms with van der Waals surface area (Å²) in [7, 11) is 2.00. The van der Waals surface area contributed by atoms with E-state index in [0.29, 0.717) is 6.04 Å². The van der Waals surface area contributed by atoms with Crippen LogP contribution in [0.15, 0.2) is 34.9 Å². The molecular formula is C16H22BrN3. The van der Waals surface area contributed by atoms with Gasteiger partial charge < -0.3 is 5.32 Å². The monoisotopic (exact) mass is 335 g/mol. The number of aromatic nitrogens is 2. The molecule has 0 aliphatic carbocycles. The van der Waals surface area contributed by atoms with E-state index in [-0.39, 0.29) is 6.04 Å². The average Bonchev–Trinajstić information content (AvgIpc) is 2.88. The van der Waals surface area contributed by atoms with Crippen LogP contribution >= 0.6 is 15.9 Å². The number of nitrogens with one attached hydrogen (secondary N) is 1. The highest BCUT2D eigenvalue weighted by molar-refractivity contribution is 9.10. The highest BCUT2D eigenvalue weighted by atomic mass is 79.9. The fraction of sp³-hybridized carbons (Fsp3) is 0.438. The number of halogens is 1. The van der Waals surface area contributed by atoms with Crippen LogP contribution in [-0.2, 0) is 6.42 Å². The molecular weight excluding hydrogens is 314 g/mol.